The van der Waals surface area contributed by atoms with Gasteiger partial charge in [0.1, 0.15) is 0 Å². The molecule has 0 aliphatic carbocycles. The summed E-state index contributed by atoms with van der Waals surface area (Å²) in [5, 5.41) is 11.7. The zero-order valence-electron chi connectivity index (χ0n) is 15.7. The number of anilines is 1. The molecule has 8 nitrogen and oxygen atoms in total. The number of aromatic nitrogens is 3. The van der Waals surface area contributed by atoms with Crippen molar-refractivity contribution in [2.45, 2.75) is 37.2 Å². The van der Waals surface area contributed by atoms with Crippen LogP contribution >= 0.6 is 11.8 Å². The highest BCUT2D eigenvalue weighted by molar-refractivity contribution is 8.00. The van der Waals surface area contributed by atoms with Gasteiger partial charge in [-0.3, -0.25) is 9.36 Å². The average Bonchev–Trinajstić information content (AvgIpc) is 3.41. The van der Waals surface area contributed by atoms with Crippen LogP contribution in [0.15, 0.2) is 46.2 Å². The second kappa shape index (κ2) is 7.59. The van der Waals surface area contributed by atoms with E-state index in [1.807, 2.05) is 37.5 Å². The number of nitrogens with zero attached hydrogens (tertiary/aromatic N) is 3. The van der Waals surface area contributed by atoms with E-state index in [2.05, 4.69) is 15.5 Å². The number of nitrogens with one attached hydrogen (secondary N) is 1. The number of rotatable bonds is 6. The summed E-state index contributed by atoms with van der Waals surface area (Å²) in [6.45, 7) is 6.11. The minimum Gasteiger partial charge on any atom is -0.461 e. The predicted octanol–water partition coefficient (Wildman–Crippen LogP) is 3.97. The van der Waals surface area contributed by atoms with E-state index in [1.54, 1.807) is 24.5 Å². The molecule has 1 atom stereocenters. The van der Waals surface area contributed by atoms with Crippen LogP contribution in [-0.4, -0.2) is 32.7 Å². The monoisotopic (exact) mass is 400 g/mol. The second-order valence-corrected chi connectivity index (χ2v) is 7.87. The number of ether oxygens (including phenoxy) is 2. The predicted molar refractivity (Wildman–Crippen MR) is 105 cm³/mol. The molecule has 0 bridgehead atoms. The smallest absolute Gasteiger partial charge is 0.237 e. The third-order valence-electron chi connectivity index (χ3n) is 4.21. The largest absolute Gasteiger partial charge is 0.461 e. The van der Waals surface area contributed by atoms with Crippen LogP contribution in [0.2, 0.25) is 0 Å². The van der Waals surface area contributed by atoms with Crippen molar-refractivity contribution < 1.29 is 18.7 Å². The minimum absolute atomic E-state index is 0.113. The Hall–Kier alpha value is -2.94. The fourth-order valence-corrected chi connectivity index (χ4v) is 3.81. The van der Waals surface area contributed by atoms with E-state index in [9.17, 15) is 4.79 Å². The van der Waals surface area contributed by atoms with Crippen molar-refractivity contribution in [3.8, 4) is 23.1 Å². The number of benzene rings is 1. The van der Waals surface area contributed by atoms with Gasteiger partial charge in [-0.05, 0) is 45.0 Å². The maximum absolute atomic E-state index is 12.7. The molecular formula is C19H20N4O4S. The van der Waals surface area contributed by atoms with Crippen LogP contribution in [-0.2, 0) is 4.79 Å². The normalized spacial score (nSPS) is 13.7. The zero-order chi connectivity index (χ0) is 19.7. The first-order valence-corrected chi connectivity index (χ1v) is 9.77. The van der Waals surface area contributed by atoms with E-state index < -0.39 is 0 Å². The van der Waals surface area contributed by atoms with Gasteiger partial charge in [0, 0.05) is 17.8 Å². The van der Waals surface area contributed by atoms with Gasteiger partial charge in [-0.15, -0.1) is 10.2 Å². The Bertz CT molecular complexity index is 984. The van der Waals surface area contributed by atoms with Crippen molar-refractivity contribution >= 4 is 23.4 Å². The first-order chi connectivity index (χ1) is 13.5. The maximum Gasteiger partial charge on any atom is 0.237 e. The number of amides is 1. The molecule has 146 valence electrons. The summed E-state index contributed by atoms with van der Waals surface area (Å²) in [5.74, 6) is 2.45. The third-order valence-corrected chi connectivity index (χ3v) is 5.27. The maximum atomic E-state index is 12.7. The van der Waals surface area contributed by atoms with E-state index in [4.69, 9.17) is 13.9 Å². The SMILES string of the molecule is CC(C)n1c(S[C@H](C)C(=O)Nc2ccc3c(c2)OCO3)nnc1-c1ccco1. The summed E-state index contributed by atoms with van der Waals surface area (Å²) in [6, 6.07) is 9.08. The molecule has 1 N–H and O–H groups in total. The van der Waals surface area contributed by atoms with Crippen LogP contribution in [0, 0.1) is 0 Å². The Morgan fingerprint density at radius 3 is 2.75 bits per heavy atom. The van der Waals surface area contributed by atoms with Crippen LogP contribution < -0.4 is 14.8 Å². The molecule has 2 aromatic heterocycles. The van der Waals surface area contributed by atoms with Crippen molar-refractivity contribution in [3.05, 3.63) is 36.6 Å². The van der Waals surface area contributed by atoms with Crippen molar-refractivity contribution in [1.29, 1.82) is 0 Å². The standard InChI is InChI=1S/C19H20N4O4S/c1-11(2)23-17(15-5-4-8-25-15)21-22-19(23)28-12(3)18(24)20-13-6-7-14-16(9-13)27-10-26-14/h4-9,11-12H,10H2,1-3H3,(H,20,24)/t12-/m1/s1. The first-order valence-electron chi connectivity index (χ1n) is 8.89. The van der Waals surface area contributed by atoms with Crippen molar-refractivity contribution in [2.75, 3.05) is 12.1 Å². The minimum atomic E-state index is -0.378. The number of hydrogen-bond donors (Lipinski definition) is 1. The quantitative estimate of drug-likeness (QED) is 0.626. The molecule has 1 aliphatic rings. The Morgan fingerprint density at radius 1 is 1.18 bits per heavy atom. The van der Waals surface area contributed by atoms with Gasteiger partial charge in [0.2, 0.25) is 18.5 Å². The zero-order valence-corrected chi connectivity index (χ0v) is 16.5. The highest BCUT2D eigenvalue weighted by Crippen LogP contribution is 2.35. The number of fused-ring (bicyclic) bond motifs is 1. The number of furan rings is 1. The summed E-state index contributed by atoms with van der Waals surface area (Å²) in [4.78, 5) is 12.7. The lowest BCUT2D eigenvalue weighted by Gasteiger charge is -2.15. The fraction of sp³-hybridized carbons (Fsp3) is 0.316. The summed E-state index contributed by atoms with van der Waals surface area (Å²) in [7, 11) is 0. The van der Waals surface area contributed by atoms with E-state index >= 15 is 0 Å². The van der Waals surface area contributed by atoms with Crippen LogP contribution in [0.4, 0.5) is 5.69 Å². The molecule has 0 saturated carbocycles. The van der Waals surface area contributed by atoms with Gasteiger partial charge >= 0.3 is 0 Å². The van der Waals surface area contributed by atoms with E-state index in [-0.39, 0.29) is 24.0 Å². The van der Waals surface area contributed by atoms with Gasteiger partial charge in [0.15, 0.2) is 22.4 Å². The summed E-state index contributed by atoms with van der Waals surface area (Å²) >= 11 is 1.35. The van der Waals surface area contributed by atoms with E-state index in [0.717, 1.165) is 0 Å². The molecule has 9 heteroatoms. The molecule has 0 saturated heterocycles. The Labute approximate surface area is 166 Å². The number of carbonyl (C=O) groups excluding carboxylic acids is 1. The Kier molecular flexibility index (Phi) is 4.99. The van der Waals surface area contributed by atoms with Crippen molar-refractivity contribution in [3.63, 3.8) is 0 Å². The summed E-state index contributed by atoms with van der Waals surface area (Å²) < 4.78 is 18.1. The summed E-state index contributed by atoms with van der Waals surface area (Å²) in [5.41, 5.74) is 0.656. The Morgan fingerprint density at radius 2 is 2.00 bits per heavy atom. The average molecular weight is 400 g/mol. The van der Waals surface area contributed by atoms with Gasteiger partial charge in [-0.25, -0.2) is 0 Å². The van der Waals surface area contributed by atoms with Gasteiger partial charge in [0.05, 0.1) is 11.5 Å². The molecule has 0 unspecified atom stereocenters. The molecule has 0 radical (unpaired) electrons. The number of carbonyl (C=O) groups is 1. The highest BCUT2D eigenvalue weighted by atomic mass is 32.2. The molecular weight excluding hydrogens is 380 g/mol. The van der Waals surface area contributed by atoms with Gasteiger partial charge in [-0.1, -0.05) is 11.8 Å². The van der Waals surface area contributed by atoms with Crippen LogP contribution in [0.3, 0.4) is 0 Å². The van der Waals surface area contributed by atoms with Gasteiger partial charge < -0.3 is 19.2 Å². The molecule has 4 rings (SSSR count). The molecule has 1 aliphatic heterocycles. The van der Waals surface area contributed by atoms with Crippen LogP contribution in [0.5, 0.6) is 11.5 Å². The van der Waals surface area contributed by atoms with Crippen LogP contribution in [0.1, 0.15) is 26.8 Å². The topological polar surface area (TPSA) is 91.4 Å². The third kappa shape index (κ3) is 3.57. The molecule has 1 aromatic carbocycles. The van der Waals surface area contributed by atoms with E-state index in [0.29, 0.717) is 33.9 Å². The van der Waals surface area contributed by atoms with Gasteiger partial charge in [0.25, 0.3) is 0 Å². The number of thioether (sulfide) groups is 1. The lowest BCUT2D eigenvalue weighted by Crippen LogP contribution is -2.23. The lowest BCUT2D eigenvalue weighted by molar-refractivity contribution is -0.115. The Balaban J connectivity index is 1.49. The molecule has 3 aromatic rings. The summed E-state index contributed by atoms with van der Waals surface area (Å²) in [6.07, 6.45) is 1.60. The van der Waals surface area contributed by atoms with Crippen molar-refractivity contribution in [2.24, 2.45) is 0 Å². The van der Waals surface area contributed by atoms with E-state index in [1.165, 1.54) is 11.8 Å². The molecule has 3 heterocycles. The lowest BCUT2D eigenvalue weighted by atomic mass is 10.2. The second-order valence-electron chi connectivity index (χ2n) is 6.56. The molecule has 1 amide bonds. The molecule has 0 spiro atoms. The van der Waals surface area contributed by atoms with Crippen molar-refractivity contribution in [1.82, 2.24) is 14.8 Å². The van der Waals surface area contributed by atoms with Gasteiger partial charge in [-0.2, -0.15) is 0 Å². The number of hydrogen-bond acceptors (Lipinski definition) is 7. The fourth-order valence-electron chi connectivity index (χ4n) is 2.83. The molecule has 0 fully saturated rings. The van der Waals surface area contributed by atoms with Crippen LogP contribution in [0.25, 0.3) is 11.6 Å². The highest BCUT2D eigenvalue weighted by Gasteiger charge is 2.23. The molecule has 28 heavy (non-hydrogen) atoms. The first kappa shape index (κ1) is 18.4.